The van der Waals surface area contributed by atoms with Crippen LogP contribution in [0.5, 0.6) is 0 Å². The summed E-state index contributed by atoms with van der Waals surface area (Å²) in [6.07, 6.45) is 0. The molecule has 4 heteroatoms. The predicted molar refractivity (Wildman–Crippen MR) is 295 cm³/mol. The molecule has 15 rings (SSSR count). The van der Waals surface area contributed by atoms with E-state index in [0.717, 1.165) is 28.3 Å². The molecule has 4 heterocycles. The van der Waals surface area contributed by atoms with Crippen LogP contribution in [0.2, 0.25) is 0 Å². The fraction of sp³-hybridized carbons (Fsp3) is 0. The van der Waals surface area contributed by atoms with Crippen molar-refractivity contribution in [3.8, 4) is 45.0 Å². The van der Waals surface area contributed by atoms with Crippen molar-refractivity contribution < 1.29 is 0 Å². The van der Waals surface area contributed by atoms with Crippen LogP contribution >= 0.6 is 0 Å². The second-order valence-electron chi connectivity index (χ2n) is 18.5. The summed E-state index contributed by atoms with van der Waals surface area (Å²) in [4.78, 5) is 0. The third-order valence-electron chi connectivity index (χ3n) is 14.7. The molecule has 0 saturated carbocycles. The molecule has 4 nitrogen and oxygen atoms in total. The molecule has 0 aliphatic heterocycles. The number of benzene rings is 11. The van der Waals surface area contributed by atoms with Gasteiger partial charge in [-0.05, 0) is 113 Å². The summed E-state index contributed by atoms with van der Waals surface area (Å²) in [5, 5.41) is 9.79. The van der Waals surface area contributed by atoms with Crippen LogP contribution in [-0.4, -0.2) is 18.3 Å². The molecule has 0 fully saturated rings. The molecule has 0 N–H and O–H groups in total. The van der Waals surface area contributed by atoms with E-state index < -0.39 is 0 Å². The predicted octanol–water partition coefficient (Wildman–Crippen LogP) is 17.4. The van der Waals surface area contributed by atoms with Crippen molar-refractivity contribution >= 4 is 87.2 Å². The number of hydrogen-bond donors (Lipinski definition) is 0. The lowest BCUT2D eigenvalue weighted by Gasteiger charge is -2.15. The maximum atomic E-state index is 2.53. The van der Waals surface area contributed by atoms with Crippen LogP contribution in [0.15, 0.2) is 255 Å². The minimum Gasteiger partial charge on any atom is -0.309 e. The molecule has 0 amide bonds. The second kappa shape index (κ2) is 15.1. The molecule has 326 valence electrons. The van der Waals surface area contributed by atoms with Gasteiger partial charge in [0.2, 0.25) is 0 Å². The van der Waals surface area contributed by atoms with E-state index in [0.29, 0.717) is 0 Å². The van der Waals surface area contributed by atoms with E-state index >= 15 is 0 Å². The van der Waals surface area contributed by atoms with Crippen molar-refractivity contribution in [3.63, 3.8) is 0 Å². The monoisotopic (exact) mass is 890 g/mol. The standard InChI is InChI=1S/C66H42N4/c1-5-18-43(19-6-1)45-32-36-61-55(38-45)53-34-35-54-56-39-46(44-20-7-2-8-21-44)33-37-62(56)70(66(54)65(53)69(61)48-24-11-4-12-25-48)50-27-17-26-49(40-50)68-60-31-16-14-29-52(60)58-41-63-57(42-64(58)68)51-28-13-15-30-59(51)67(63)47-22-9-3-10-23-47/h1-42H. The summed E-state index contributed by atoms with van der Waals surface area (Å²) in [5.74, 6) is 0. The lowest BCUT2D eigenvalue weighted by Crippen LogP contribution is -2.00. The lowest BCUT2D eigenvalue weighted by atomic mass is 10.0. The Balaban J connectivity index is 1.04. The Labute approximate surface area is 403 Å². The first-order valence-corrected chi connectivity index (χ1v) is 24.1. The van der Waals surface area contributed by atoms with Crippen LogP contribution in [0.1, 0.15) is 0 Å². The van der Waals surface area contributed by atoms with E-state index in [-0.39, 0.29) is 0 Å². The average Bonchev–Trinajstić information content (AvgIpc) is 4.16. The molecule has 15 aromatic rings. The summed E-state index contributed by atoms with van der Waals surface area (Å²) in [6.45, 7) is 0. The average molecular weight is 891 g/mol. The Morgan fingerprint density at radius 1 is 0.171 bits per heavy atom. The fourth-order valence-electron chi connectivity index (χ4n) is 11.7. The van der Waals surface area contributed by atoms with E-state index in [4.69, 9.17) is 0 Å². The van der Waals surface area contributed by atoms with Gasteiger partial charge in [-0.3, -0.25) is 0 Å². The van der Waals surface area contributed by atoms with E-state index in [1.807, 2.05) is 0 Å². The number of fused-ring (bicyclic) bond motifs is 13. The quantitative estimate of drug-likeness (QED) is 0.158. The zero-order chi connectivity index (χ0) is 45.9. The van der Waals surface area contributed by atoms with Crippen molar-refractivity contribution in [3.05, 3.63) is 255 Å². The normalized spacial score (nSPS) is 12.0. The van der Waals surface area contributed by atoms with Gasteiger partial charge < -0.3 is 18.3 Å². The Hall–Kier alpha value is -9.38. The molecule has 4 aromatic heterocycles. The van der Waals surface area contributed by atoms with Crippen molar-refractivity contribution in [2.75, 3.05) is 0 Å². The van der Waals surface area contributed by atoms with Crippen molar-refractivity contribution in [1.29, 1.82) is 0 Å². The highest BCUT2D eigenvalue weighted by molar-refractivity contribution is 6.25. The van der Waals surface area contributed by atoms with E-state index in [9.17, 15) is 0 Å². The van der Waals surface area contributed by atoms with Gasteiger partial charge in [0.1, 0.15) is 0 Å². The van der Waals surface area contributed by atoms with Gasteiger partial charge in [-0.15, -0.1) is 0 Å². The maximum absolute atomic E-state index is 2.53. The molecule has 70 heavy (non-hydrogen) atoms. The lowest BCUT2D eigenvalue weighted by molar-refractivity contribution is 1.13. The van der Waals surface area contributed by atoms with E-state index in [1.54, 1.807) is 0 Å². The number of hydrogen-bond acceptors (Lipinski definition) is 0. The number of rotatable bonds is 6. The molecule has 0 bridgehead atoms. The summed E-state index contributed by atoms with van der Waals surface area (Å²) in [5.41, 5.74) is 18.7. The van der Waals surface area contributed by atoms with Gasteiger partial charge in [-0.1, -0.05) is 164 Å². The number of para-hydroxylation sites is 4. The highest BCUT2D eigenvalue weighted by Gasteiger charge is 2.24. The molecule has 0 saturated heterocycles. The van der Waals surface area contributed by atoms with Gasteiger partial charge >= 0.3 is 0 Å². The minimum atomic E-state index is 1.10. The van der Waals surface area contributed by atoms with Crippen LogP contribution < -0.4 is 0 Å². The first kappa shape index (κ1) is 38.7. The summed E-state index contributed by atoms with van der Waals surface area (Å²) in [7, 11) is 0. The highest BCUT2D eigenvalue weighted by atomic mass is 15.1. The van der Waals surface area contributed by atoms with Crippen molar-refractivity contribution in [2.45, 2.75) is 0 Å². The summed E-state index contributed by atoms with van der Waals surface area (Å²) in [6, 6.07) is 93.6. The second-order valence-corrected chi connectivity index (χ2v) is 18.5. The molecular weight excluding hydrogens is 849 g/mol. The topological polar surface area (TPSA) is 19.7 Å². The maximum Gasteiger partial charge on any atom is 0.0788 e. The highest BCUT2D eigenvalue weighted by Crippen LogP contribution is 2.45. The van der Waals surface area contributed by atoms with Gasteiger partial charge in [-0.25, -0.2) is 0 Å². The third kappa shape index (κ3) is 5.65. The Morgan fingerprint density at radius 2 is 0.529 bits per heavy atom. The molecule has 0 radical (unpaired) electrons. The van der Waals surface area contributed by atoms with Crippen LogP contribution in [0.3, 0.4) is 0 Å². The molecule has 0 aliphatic carbocycles. The van der Waals surface area contributed by atoms with Gasteiger partial charge in [0.25, 0.3) is 0 Å². The Kier molecular flexibility index (Phi) is 8.33. The first-order valence-electron chi connectivity index (χ1n) is 24.1. The molecule has 11 aromatic carbocycles. The number of aromatic nitrogens is 4. The molecule has 0 spiro atoms. The fourth-order valence-corrected chi connectivity index (χ4v) is 11.7. The van der Waals surface area contributed by atoms with Crippen LogP contribution in [0, 0.1) is 0 Å². The first-order chi connectivity index (χ1) is 34.7. The van der Waals surface area contributed by atoms with Crippen LogP contribution in [0.25, 0.3) is 132 Å². The molecule has 0 aliphatic rings. The smallest absolute Gasteiger partial charge is 0.0788 e. The third-order valence-corrected chi connectivity index (χ3v) is 14.7. The molecular formula is C66H42N4. The number of nitrogens with zero attached hydrogens (tertiary/aromatic N) is 4. The van der Waals surface area contributed by atoms with E-state index in [1.165, 1.54) is 104 Å². The zero-order valence-corrected chi connectivity index (χ0v) is 38.0. The largest absolute Gasteiger partial charge is 0.309 e. The SMILES string of the molecule is c1ccc(-c2ccc3c(c2)c2ccc4c5cc(-c6ccccc6)ccc5n(-c5cccc(-n6c7ccccc7c7cc8c(cc76)c6ccccc6n8-c6ccccc6)c5)c4c2n3-c2ccccc2)cc1. The van der Waals surface area contributed by atoms with E-state index in [2.05, 4.69) is 273 Å². The van der Waals surface area contributed by atoms with Gasteiger partial charge in [0, 0.05) is 65.8 Å². The van der Waals surface area contributed by atoms with Gasteiger partial charge in [-0.2, -0.15) is 0 Å². The van der Waals surface area contributed by atoms with Crippen LogP contribution in [0.4, 0.5) is 0 Å². The van der Waals surface area contributed by atoms with Gasteiger partial charge in [0.05, 0.1) is 44.1 Å². The Bertz CT molecular complexity index is 4550. The zero-order valence-electron chi connectivity index (χ0n) is 38.0. The minimum absolute atomic E-state index is 1.10. The molecule has 0 unspecified atom stereocenters. The van der Waals surface area contributed by atoms with Crippen LogP contribution in [-0.2, 0) is 0 Å². The molecule has 0 atom stereocenters. The van der Waals surface area contributed by atoms with Gasteiger partial charge in [0.15, 0.2) is 0 Å². The Morgan fingerprint density at radius 3 is 1.03 bits per heavy atom. The van der Waals surface area contributed by atoms with Crippen molar-refractivity contribution in [1.82, 2.24) is 18.3 Å². The van der Waals surface area contributed by atoms with Crippen molar-refractivity contribution in [2.24, 2.45) is 0 Å². The summed E-state index contributed by atoms with van der Waals surface area (Å²) >= 11 is 0. The summed E-state index contributed by atoms with van der Waals surface area (Å²) < 4.78 is 9.91.